The van der Waals surface area contributed by atoms with Crippen molar-refractivity contribution in [3.8, 4) is 0 Å². The Kier molecular flexibility index (Phi) is 5.61. The molecular weight excluding hydrogens is 299 g/mol. The summed E-state index contributed by atoms with van der Waals surface area (Å²) in [7, 11) is 0. The van der Waals surface area contributed by atoms with Gasteiger partial charge in [-0.05, 0) is 25.7 Å². The summed E-state index contributed by atoms with van der Waals surface area (Å²) in [4.78, 5) is 12.1. The standard InChI is InChI=1S/C14H22F3N3O2/c1-9(2)20-11(14(15,16)17)10(7-19-20)12(22)18-8-13(3,4)5-6-21/h7,9,21H,5-6,8H2,1-4H3,(H,18,22). The molecule has 0 atom stereocenters. The number of alkyl halides is 3. The van der Waals surface area contributed by atoms with Crippen molar-refractivity contribution in [2.24, 2.45) is 5.41 Å². The van der Waals surface area contributed by atoms with E-state index < -0.39 is 34.8 Å². The number of rotatable bonds is 6. The molecule has 22 heavy (non-hydrogen) atoms. The Bertz CT molecular complexity index is 522. The number of aliphatic hydroxyl groups excluding tert-OH is 1. The van der Waals surface area contributed by atoms with Crippen molar-refractivity contribution in [1.29, 1.82) is 0 Å². The molecule has 2 N–H and O–H groups in total. The lowest BCUT2D eigenvalue weighted by atomic mass is 9.89. The van der Waals surface area contributed by atoms with Crippen LogP contribution in [0.1, 0.15) is 56.2 Å². The van der Waals surface area contributed by atoms with E-state index in [9.17, 15) is 18.0 Å². The summed E-state index contributed by atoms with van der Waals surface area (Å²) >= 11 is 0. The van der Waals surface area contributed by atoms with E-state index >= 15 is 0 Å². The second kappa shape index (κ2) is 6.68. The summed E-state index contributed by atoms with van der Waals surface area (Å²) in [6.45, 7) is 6.86. The Labute approximate surface area is 127 Å². The second-order valence-corrected chi connectivity index (χ2v) is 6.26. The van der Waals surface area contributed by atoms with Gasteiger partial charge in [-0.25, -0.2) is 0 Å². The largest absolute Gasteiger partial charge is 0.433 e. The Balaban J connectivity index is 3.00. The molecule has 1 aromatic heterocycles. The topological polar surface area (TPSA) is 67.2 Å². The van der Waals surface area contributed by atoms with Crippen LogP contribution in [0.25, 0.3) is 0 Å². The van der Waals surface area contributed by atoms with Crippen LogP contribution >= 0.6 is 0 Å². The lowest BCUT2D eigenvalue weighted by Crippen LogP contribution is -2.35. The highest BCUT2D eigenvalue weighted by atomic mass is 19.4. The van der Waals surface area contributed by atoms with Gasteiger partial charge in [0.05, 0.1) is 11.8 Å². The number of carbonyl (C=O) groups is 1. The highest BCUT2D eigenvalue weighted by Gasteiger charge is 2.40. The van der Waals surface area contributed by atoms with Gasteiger partial charge in [0.2, 0.25) is 0 Å². The van der Waals surface area contributed by atoms with Gasteiger partial charge >= 0.3 is 6.18 Å². The van der Waals surface area contributed by atoms with E-state index in [4.69, 9.17) is 5.11 Å². The third-order valence-electron chi connectivity index (χ3n) is 3.31. The lowest BCUT2D eigenvalue weighted by molar-refractivity contribution is -0.145. The first-order chi connectivity index (χ1) is 9.99. The Morgan fingerprint density at radius 2 is 2.00 bits per heavy atom. The zero-order valence-electron chi connectivity index (χ0n) is 13.2. The van der Waals surface area contributed by atoms with Gasteiger partial charge in [-0.3, -0.25) is 9.48 Å². The molecule has 0 aliphatic heterocycles. The molecule has 0 fully saturated rings. The molecule has 0 spiro atoms. The number of carbonyl (C=O) groups excluding carboxylic acids is 1. The van der Waals surface area contributed by atoms with Crippen molar-refractivity contribution >= 4 is 5.91 Å². The summed E-state index contributed by atoms with van der Waals surface area (Å²) in [6.07, 6.45) is -3.28. The molecule has 0 radical (unpaired) electrons. The summed E-state index contributed by atoms with van der Waals surface area (Å²) in [6, 6.07) is -0.510. The van der Waals surface area contributed by atoms with Crippen LogP contribution in [-0.4, -0.2) is 33.9 Å². The Morgan fingerprint density at radius 1 is 1.41 bits per heavy atom. The molecule has 0 aromatic carbocycles. The molecule has 0 bridgehead atoms. The second-order valence-electron chi connectivity index (χ2n) is 6.26. The van der Waals surface area contributed by atoms with Gasteiger partial charge in [0.25, 0.3) is 5.91 Å². The van der Waals surface area contributed by atoms with Crippen LogP contribution in [0.15, 0.2) is 6.20 Å². The maximum absolute atomic E-state index is 13.2. The summed E-state index contributed by atoms with van der Waals surface area (Å²) < 4.78 is 40.4. The fourth-order valence-electron chi connectivity index (χ4n) is 2.01. The molecule has 1 amide bonds. The van der Waals surface area contributed by atoms with E-state index in [0.29, 0.717) is 6.42 Å². The number of aliphatic hydroxyl groups is 1. The molecule has 5 nitrogen and oxygen atoms in total. The van der Waals surface area contributed by atoms with Crippen LogP contribution < -0.4 is 5.32 Å². The van der Waals surface area contributed by atoms with Gasteiger partial charge < -0.3 is 10.4 Å². The third kappa shape index (κ3) is 4.46. The van der Waals surface area contributed by atoms with E-state index in [1.165, 1.54) is 0 Å². The number of nitrogens with zero attached hydrogens (tertiary/aromatic N) is 2. The average molecular weight is 321 g/mol. The number of hydrogen-bond acceptors (Lipinski definition) is 3. The number of nitrogens with one attached hydrogen (secondary N) is 1. The normalized spacial score (nSPS) is 12.8. The SMILES string of the molecule is CC(C)n1ncc(C(=O)NCC(C)(C)CCO)c1C(F)(F)F. The van der Waals surface area contributed by atoms with Crippen molar-refractivity contribution in [1.82, 2.24) is 15.1 Å². The van der Waals surface area contributed by atoms with E-state index in [0.717, 1.165) is 10.9 Å². The van der Waals surface area contributed by atoms with Gasteiger partial charge in [0, 0.05) is 19.2 Å². The first-order valence-corrected chi connectivity index (χ1v) is 7.03. The fourth-order valence-corrected chi connectivity index (χ4v) is 2.01. The Hall–Kier alpha value is -1.57. The zero-order chi connectivity index (χ0) is 17.1. The highest BCUT2D eigenvalue weighted by molar-refractivity contribution is 5.95. The van der Waals surface area contributed by atoms with Crippen molar-refractivity contribution in [3.05, 3.63) is 17.5 Å². The number of halogens is 3. The zero-order valence-corrected chi connectivity index (χ0v) is 13.2. The van der Waals surface area contributed by atoms with Crippen LogP contribution in [0, 0.1) is 5.41 Å². The van der Waals surface area contributed by atoms with Crippen LogP contribution in [0.3, 0.4) is 0 Å². The maximum atomic E-state index is 13.2. The van der Waals surface area contributed by atoms with Crippen molar-refractivity contribution in [2.45, 2.75) is 46.3 Å². The van der Waals surface area contributed by atoms with Crippen LogP contribution in [0.4, 0.5) is 13.2 Å². The molecule has 0 saturated heterocycles. The number of hydrogen-bond donors (Lipinski definition) is 2. The third-order valence-corrected chi connectivity index (χ3v) is 3.31. The molecule has 1 heterocycles. The van der Waals surface area contributed by atoms with Crippen LogP contribution in [0.5, 0.6) is 0 Å². The minimum Gasteiger partial charge on any atom is -0.396 e. The summed E-state index contributed by atoms with van der Waals surface area (Å²) in [5.74, 6) is -0.815. The number of aromatic nitrogens is 2. The lowest BCUT2D eigenvalue weighted by Gasteiger charge is -2.24. The minimum atomic E-state index is -4.66. The van der Waals surface area contributed by atoms with Gasteiger partial charge in [0.15, 0.2) is 5.69 Å². The van der Waals surface area contributed by atoms with Crippen LogP contribution in [-0.2, 0) is 6.18 Å². The van der Waals surface area contributed by atoms with Crippen molar-refractivity contribution in [3.63, 3.8) is 0 Å². The monoisotopic (exact) mass is 321 g/mol. The smallest absolute Gasteiger partial charge is 0.396 e. The van der Waals surface area contributed by atoms with Crippen molar-refractivity contribution < 1.29 is 23.1 Å². The molecule has 1 aromatic rings. The number of amides is 1. The van der Waals surface area contributed by atoms with E-state index in [-0.39, 0.29) is 13.2 Å². The molecule has 0 aliphatic rings. The van der Waals surface area contributed by atoms with E-state index in [2.05, 4.69) is 10.4 Å². The predicted octanol–water partition coefficient (Wildman–Crippen LogP) is 2.62. The Morgan fingerprint density at radius 3 is 2.45 bits per heavy atom. The molecule has 0 unspecified atom stereocenters. The predicted molar refractivity (Wildman–Crippen MR) is 75.4 cm³/mol. The van der Waals surface area contributed by atoms with Gasteiger partial charge in [-0.2, -0.15) is 18.3 Å². The molecule has 126 valence electrons. The van der Waals surface area contributed by atoms with E-state index in [1.807, 2.05) is 13.8 Å². The molecule has 1 rings (SSSR count). The average Bonchev–Trinajstić information content (AvgIpc) is 2.80. The van der Waals surface area contributed by atoms with Gasteiger partial charge in [-0.15, -0.1) is 0 Å². The van der Waals surface area contributed by atoms with E-state index in [1.54, 1.807) is 13.8 Å². The first kappa shape index (κ1) is 18.5. The molecule has 0 aliphatic carbocycles. The fraction of sp³-hybridized carbons (Fsp3) is 0.714. The summed E-state index contributed by atoms with van der Waals surface area (Å²) in [5, 5.41) is 15.1. The molecule has 0 saturated carbocycles. The van der Waals surface area contributed by atoms with Gasteiger partial charge in [0.1, 0.15) is 0 Å². The highest BCUT2D eigenvalue weighted by Crippen LogP contribution is 2.33. The van der Waals surface area contributed by atoms with Crippen molar-refractivity contribution in [2.75, 3.05) is 13.2 Å². The van der Waals surface area contributed by atoms with Crippen LogP contribution in [0.2, 0.25) is 0 Å². The quantitative estimate of drug-likeness (QED) is 0.846. The summed E-state index contributed by atoms with van der Waals surface area (Å²) in [5.41, 5.74) is -1.93. The molecular formula is C14H22F3N3O2. The maximum Gasteiger partial charge on any atom is 0.433 e. The minimum absolute atomic E-state index is 0.0536. The van der Waals surface area contributed by atoms with Gasteiger partial charge in [-0.1, -0.05) is 13.8 Å². The molecule has 8 heteroatoms. The first-order valence-electron chi connectivity index (χ1n) is 7.03.